The molecule has 0 fully saturated rings. The highest BCUT2D eigenvalue weighted by atomic mass is 35.5. The third-order valence-electron chi connectivity index (χ3n) is 4.16. The second-order valence-electron chi connectivity index (χ2n) is 5.83. The summed E-state index contributed by atoms with van der Waals surface area (Å²) in [5.74, 6) is 0.141. The first kappa shape index (κ1) is 19.0. The van der Waals surface area contributed by atoms with Crippen LogP contribution in [0.25, 0.3) is 11.0 Å². The van der Waals surface area contributed by atoms with E-state index in [0.29, 0.717) is 11.0 Å². The van der Waals surface area contributed by atoms with Gasteiger partial charge < -0.3 is 13.9 Å². The van der Waals surface area contributed by atoms with Gasteiger partial charge in [0.1, 0.15) is 10.6 Å². The van der Waals surface area contributed by atoms with Crippen LogP contribution in [0.2, 0.25) is 5.02 Å². The number of aromatic nitrogens is 2. The van der Waals surface area contributed by atoms with Crippen molar-refractivity contribution in [3.05, 3.63) is 62.1 Å². The number of sulfonamides is 1. The first-order valence-corrected chi connectivity index (χ1v) is 9.58. The number of fused-ring (bicyclic) bond motifs is 1. The fraction of sp³-hybridized carbons (Fsp3) is 0.176. The van der Waals surface area contributed by atoms with E-state index in [0.717, 1.165) is 0 Å². The minimum Gasteiger partial charge on any atom is -0.495 e. The molecule has 0 spiro atoms. The van der Waals surface area contributed by atoms with Gasteiger partial charge in [0.15, 0.2) is 0 Å². The third kappa shape index (κ3) is 3.31. The van der Waals surface area contributed by atoms with Crippen molar-refractivity contribution >= 4 is 38.3 Å². The number of ether oxygens (including phenoxy) is 1. The Balaban J connectivity index is 2.13. The third-order valence-corrected chi connectivity index (χ3v) is 5.80. The Hall–Kier alpha value is -2.78. The Morgan fingerprint density at radius 2 is 1.59 bits per heavy atom. The highest BCUT2D eigenvalue weighted by Gasteiger charge is 2.21. The molecule has 0 aliphatic rings. The lowest BCUT2D eigenvalue weighted by molar-refractivity contribution is 0.403. The van der Waals surface area contributed by atoms with Crippen LogP contribution in [-0.2, 0) is 24.1 Å². The van der Waals surface area contributed by atoms with E-state index in [1.54, 1.807) is 6.07 Å². The molecule has 0 aliphatic heterocycles. The molecule has 10 heteroatoms. The average molecular weight is 410 g/mol. The number of nitrogens with zero attached hydrogens (tertiary/aromatic N) is 2. The van der Waals surface area contributed by atoms with Crippen LogP contribution in [0.4, 0.5) is 5.69 Å². The summed E-state index contributed by atoms with van der Waals surface area (Å²) in [6.07, 6.45) is 0. The van der Waals surface area contributed by atoms with Crippen LogP contribution in [0.1, 0.15) is 0 Å². The van der Waals surface area contributed by atoms with Crippen LogP contribution >= 0.6 is 11.6 Å². The lowest BCUT2D eigenvalue weighted by atomic mass is 10.2. The van der Waals surface area contributed by atoms with Gasteiger partial charge in [-0.15, -0.1) is 0 Å². The van der Waals surface area contributed by atoms with Gasteiger partial charge in [-0.1, -0.05) is 11.6 Å². The van der Waals surface area contributed by atoms with E-state index in [1.165, 1.54) is 60.7 Å². The molecule has 2 aromatic carbocycles. The number of hydrogen-bond acceptors (Lipinski definition) is 5. The van der Waals surface area contributed by atoms with Crippen LogP contribution in [0, 0.1) is 0 Å². The lowest BCUT2D eigenvalue weighted by Gasteiger charge is -2.14. The molecule has 0 radical (unpaired) electrons. The molecular formula is C17H16ClN3O5S. The normalized spacial score (nSPS) is 11.6. The van der Waals surface area contributed by atoms with Crippen LogP contribution in [0.5, 0.6) is 5.75 Å². The maximum Gasteiger partial charge on any atom is 0.316 e. The molecule has 142 valence electrons. The average Bonchev–Trinajstić information content (AvgIpc) is 2.64. The van der Waals surface area contributed by atoms with Gasteiger partial charge in [0.05, 0.1) is 23.8 Å². The minimum absolute atomic E-state index is 0.119. The van der Waals surface area contributed by atoms with Crippen LogP contribution in [-0.4, -0.2) is 24.7 Å². The standard InChI is InChI=1S/C17H16ClN3O5S/c1-20-12-6-5-11(9-13(12)21(2)17(23)16(20)22)19-27(24,25)15-8-10(18)4-7-14(15)26-3/h4-9,19H,1-3H3. The number of aryl methyl sites for hydroxylation is 2. The molecule has 0 unspecified atom stereocenters. The van der Waals surface area contributed by atoms with Crippen LogP contribution in [0.3, 0.4) is 0 Å². The molecule has 0 aliphatic carbocycles. The van der Waals surface area contributed by atoms with Gasteiger partial charge in [-0.25, -0.2) is 8.42 Å². The van der Waals surface area contributed by atoms with Crippen molar-refractivity contribution in [2.45, 2.75) is 4.90 Å². The number of benzene rings is 2. The van der Waals surface area contributed by atoms with Crippen molar-refractivity contribution in [1.29, 1.82) is 0 Å². The molecule has 0 atom stereocenters. The van der Waals surface area contributed by atoms with E-state index in [4.69, 9.17) is 16.3 Å². The number of rotatable bonds is 4. The maximum atomic E-state index is 12.8. The van der Waals surface area contributed by atoms with Gasteiger partial charge in [-0.3, -0.25) is 14.3 Å². The van der Waals surface area contributed by atoms with E-state index in [9.17, 15) is 18.0 Å². The number of halogens is 1. The summed E-state index contributed by atoms with van der Waals surface area (Å²) >= 11 is 5.91. The van der Waals surface area contributed by atoms with Gasteiger partial charge in [-0.05, 0) is 36.4 Å². The predicted molar refractivity (Wildman–Crippen MR) is 103 cm³/mol. The number of nitrogens with one attached hydrogen (secondary N) is 1. The summed E-state index contributed by atoms with van der Waals surface area (Å²) in [7, 11) is 0.280. The number of methoxy groups -OCH3 is 1. The molecule has 1 N–H and O–H groups in total. The zero-order chi connectivity index (χ0) is 19.9. The first-order chi connectivity index (χ1) is 12.7. The Bertz CT molecular complexity index is 1280. The van der Waals surface area contributed by atoms with Crippen molar-refractivity contribution in [2.24, 2.45) is 14.1 Å². The topological polar surface area (TPSA) is 99.4 Å². The molecule has 0 amide bonds. The molecule has 27 heavy (non-hydrogen) atoms. The van der Waals surface area contributed by atoms with Crippen molar-refractivity contribution < 1.29 is 13.2 Å². The first-order valence-electron chi connectivity index (χ1n) is 7.72. The minimum atomic E-state index is -4.00. The molecule has 8 nitrogen and oxygen atoms in total. The second-order valence-corrected chi connectivity index (χ2v) is 7.92. The number of anilines is 1. The maximum absolute atomic E-state index is 12.8. The molecule has 3 rings (SSSR count). The van der Waals surface area contributed by atoms with E-state index in [-0.39, 0.29) is 21.4 Å². The highest BCUT2D eigenvalue weighted by molar-refractivity contribution is 7.92. The van der Waals surface area contributed by atoms with Gasteiger partial charge >= 0.3 is 11.1 Å². The Morgan fingerprint density at radius 1 is 0.963 bits per heavy atom. The highest BCUT2D eigenvalue weighted by Crippen LogP contribution is 2.29. The monoisotopic (exact) mass is 409 g/mol. The molecule has 0 saturated carbocycles. The predicted octanol–water partition coefficient (Wildman–Crippen LogP) is 1.70. The van der Waals surface area contributed by atoms with Gasteiger partial charge in [0.25, 0.3) is 10.0 Å². The van der Waals surface area contributed by atoms with Gasteiger partial charge in [0.2, 0.25) is 0 Å². The molecule has 3 aromatic rings. The molecular weight excluding hydrogens is 394 g/mol. The fourth-order valence-electron chi connectivity index (χ4n) is 2.72. The van der Waals surface area contributed by atoms with E-state index in [1.807, 2.05) is 0 Å². The van der Waals surface area contributed by atoms with Crippen molar-refractivity contribution in [3.8, 4) is 5.75 Å². The Morgan fingerprint density at radius 3 is 2.22 bits per heavy atom. The molecule has 0 bridgehead atoms. The number of hydrogen-bond donors (Lipinski definition) is 1. The Labute approximate surface area is 159 Å². The SMILES string of the molecule is COc1ccc(Cl)cc1S(=O)(=O)Nc1ccc2c(c1)n(C)c(=O)c(=O)n2C. The summed E-state index contributed by atoms with van der Waals surface area (Å²) in [5, 5.41) is 0.243. The summed E-state index contributed by atoms with van der Waals surface area (Å²) in [6, 6.07) is 8.79. The largest absolute Gasteiger partial charge is 0.495 e. The van der Waals surface area contributed by atoms with E-state index in [2.05, 4.69) is 4.72 Å². The van der Waals surface area contributed by atoms with E-state index < -0.39 is 21.1 Å². The fourth-order valence-corrected chi connectivity index (χ4v) is 4.20. The van der Waals surface area contributed by atoms with Crippen molar-refractivity contribution in [1.82, 2.24) is 9.13 Å². The summed E-state index contributed by atoms with van der Waals surface area (Å²) in [4.78, 5) is 23.8. The molecule has 1 aromatic heterocycles. The molecule has 0 saturated heterocycles. The molecule has 1 heterocycles. The zero-order valence-electron chi connectivity index (χ0n) is 14.7. The zero-order valence-corrected chi connectivity index (χ0v) is 16.3. The lowest BCUT2D eigenvalue weighted by Crippen LogP contribution is -2.39. The van der Waals surface area contributed by atoms with Crippen LogP contribution < -0.4 is 20.6 Å². The quantitative estimate of drug-likeness (QED) is 0.661. The van der Waals surface area contributed by atoms with Crippen molar-refractivity contribution in [3.63, 3.8) is 0 Å². The van der Waals surface area contributed by atoms with Crippen LogP contribution in [0.15, 0.2) is 50.9 Å². The Kier molecular flexibility index (Phi) is 4.75. The van der Waals surface area contributed by atoms with Gasteiger partial charge in [0, 0.05) is 19.1 Å². The van der Waals surface area contributed by atoms with Crippen molar-refractivity contribution in [2.75, 3.05) is 11.8 Å². The van der Waals surface area contributed by atoms with Gasteiger partial charge in [-0.2, -0.15) is 0 Å². The summed E-state index contributed by atoms with van der Waals surface area (Å²) in [5.41, 5.74) is -0.257. The van der Waals surface area contributed by atoms with E-state index >= 15 is 0 Å². The summed E-state index contributed by atoms with van der Waals surface area (Å²) in [6.45, 7) is 0. The second kappa shape index (κ2) is 6.75. The smallest absolute Gasteiger partial charge is 0.316 e. The summed E-state index contributed by atoms with van der Waals surface area (Å²) < 4.78 is 35.5.